The molecular formula is C15H14BrNO3. The van der Waals surface area contributed by atoms with Gasteiger partial charge in [0.25, 0.3) is 0 Å². The Bertz CT molecular complexity index is 656. The van der Waals surface area contributed by atoms with E-state index in [1.54, 1.807) is 31.5 Å². The molecule has 2 aromatic rings. The van der Waals surface area contributed by atoms with Gasteiger partial charge in [-0.1, -0.05) is 6.07 Å². The number of pyridine rings is 1. The maximum absolute atomic E-state index is 12.6. The van der Waals surface area contributed by atoms with Crippen molar-refractivity contribution in [2.45, 2.75) is 6.92 Å². The Morgan fingerprint density at radius 3 is 2.55 bits per heavy atom. The third-order valence-electron chi connectivity index (χ3n) is 2.95. The number of aryl methyl sites for hydroxylation is 1. The summed E-state index contributed by atoms with van der Waals surface area (Å²) in [4.78, 5) is 16.7. The molecule has 5 heteroatoms. The van der Waals surface area contributed by atoms with E-state index in [-0.39, 0.29) is 5.78 Å². The van der Waals surface area contributed by atoms with Crippen molar-refractivity contribution in [1.29, 1.82) is 0 Å². The van der Waals surface area contributed by atoms with E-state index in [1.165, 1.54) is 7.11 Å². The molecule has 2 rings (SSSR count). The lowest BCUT2D eigenvalue weighted by atomic mass is 10.0. The second-order valence-electron chi connectivity index (χ2n) is 4.16. The van der Waals surface area contributed by atoms with E-state index in [9.17, 15) is 4.79 Å². The summed E-state index contributed by atoms with van der Waals surface area (Å²) >= 11 is 3.39. The number of carbonyl (C=O) groups is 1. The quantitative estimate of drug-likeness (QED) is 0.803. The lowest BCUT2D eigenvalue weighted by molar-refractivity contribution is 0.103. The molecule has 0 aliphatic rings. The number of nitrogens with zero attached hydrogens (tertiary/aromatic N) is 1. The maximum atomic E-state index is 12.6. The number of aromatic nitrogens is 1. The van der Waals surface area contributed by atoms with Crippen LogP contribution in [0.15, 0.2) is 34.9 Å². The minimum atomic E-state index is -0.177. The molecule has 0 aliphatic heterocycles. The fourth-order valence-electron chi connectivity index (χ4n) is 1.92. The molecule has 0 fully saturated rings. The molecule has 0 atom stereocenters. The minimum absolute atomic E-state index is 0.177. The van der Waals surface area contributed by atoms with Gasteiger partial charge in [0.1, 0.15) is 21.7 Å². The first-order valence-corrected chi connectivity index (χ1v) is 6.76. The van der Waals surface area contributed by atoms with Crippen LogP contribution in [0.25, 0.3) is 0 Å². The van der Waals surface area contributed by atoms with E-state index in [0.29, 0.717) is 27.2 Å². The number of carbonyl (C=O) groups excluding carboxylic acids is 1. The van der Waals surface area contributed by atoms with Crippen LogP contribution in [0.1, 0.15) is 21.6 Å². The summed E-state index contributed by atoms with van der Waals surface area (Å²) in [6.07, 6.45) is 1.60. The van der Waals surface area contributed by atoms with Gasteiger partial charge in [0.15, 0.2) is 0 Å². The van der Waals surface area contributed by atoms with Gasteiger partial charge in [0.2, 0.25) is 5.78 Å². The molecule has 4 nitrogen and oxygen atoms in total. The van der Waals surface area contributed by atoms with Crippen molar-refractivity contribution in [3.63, 3.8) is 0 Å². The van der Waals surface area contributed by atoms with Crippen molar-refractivity contribution in [2.24, 2.45) is 0 Å². The molecule has 104 valence electrons. The van der Waals surface area contributed by atoms with Crippen molar-refractivity contribution in [2.75, 3.05) is 14.2 Å². The smallest absolute Gasteiger partial charge is 0.215 e. The normalized spacial score (nSPS) is 10.2. The Kier molecular flexibility index (Phi) is 4.39. The molecule has 1 aromatic carbocycles. The average Bonchev–Trinajstić information content (AvgIpc) is 2.46. The zero-order valence-electron chi connectivity index (χ0n) is 11.4. The average molecular weight is 336 g/mol. The van der Waals surface area contributed by atoms with Gasteiger partial charge in [-0.25, -0.2) is 0 Å². The molecule has 0 radical (unpaired) electrons. The Labute approximate surface area is 125 Å². The third-order valence-corrected chi connectivity index (χ3v) is 3.71. The number of ketones is 1. The predicted octanol–water partition coefficient (Wildman–Crippen LogP) is 3.40. The van der Waals surface area contributed by atoms with Crippen molar-refractivity contribution in [3.05, 3.63) is 51.8 Å². The van der Waals surface area contributed by atoms with Crippen LogP contribution in [-0.2, 0) is 0 Å². The lowest BCUT2D eigenvalue weighted by Gasteiger charge is -2.13. The van der Waals surface area contributed by atoms with Crippen LogP contribution in [0, 0.1) is 6.92 Å². The number of benzene rings is 1. The minimum Gasteiger partial charge on any atom is -0.495 e. The molecule has 0 amide bonds. The van der Waals surface area contributed by atoms with Crippen LogP contribution in [0.4, 0.5) is 0 Å². The number of halogens is 1. The zero-order chi connectivity index (χ0) is 14.7. The number of ether oxygens (including phenoxy) is 2. The van der Waals surface area contributed by atoms with E-state index in [2.05, 4.69) is 20.9 Å². The Balaban J connectivity index is 2.56. The summed E-state index contributed by atoms with van der Waals surface area (Å²) in [7, 11) is 3.07. The molecule has 1 heterocycles. The van der Waals surface area contributed by atoms with Crippen molar-refractivity contribution < 1.29 is 14.3 Å². The molecule has 0 spiro atoms. The van der Waals surface area contributed by atoms with Crippen LogP contribution < -0.4 is 9.47 Å². The highest BCUT2D eigenvalue weighted by atomic mass is 79.9. The number of hydrogen-bond donors (Lipinski definition) is 0. The van der Waals surface area contributed by atoms with Crippen molar-refractivity contribution in [1.82, 2.24) is 4.98 Å². The molecule has 0 aliphatic carbocycles. The summed E-state index contributed by atoms with van der Waals surface area (Å²) in [5.74, 6) is 0.874. The fraction of sp³-hybridized carbons (Fsp3) is 0.200. The maximum Gasteiger partial charge on any atom is 0.215 e. The monoisotopic (exact) mass is 335 g/mol. The molecular weight excluding hydrogens is 322 g/mol. The Morgan fingerprint density at radius 2 is 1.95 bits per heavy atom. The first kappa shape index (κ1) is 14.5. The highest BCUT2D eigenvalue weighted by molar-refractivity contribution is 9.10. The topological polar surface area (TPSA) is 48.4 Å². The van der Waals surface area contributed by atoms with E-state index in [4.69, 9.17) is 9.47 Å². The standard InChI is InChI=1S/C15H14BrNO3/c1-9-5-4-8-17-13(9)14(18)10-6-7-11(19-2)12(16)15(10)20-3/h4-8H,1-3H3. The van der Waals surface area contributed by atoms with Gasteiger partial charge in [-0.3, -0.25) is 9.78 Å². The third kappa shape index (κ3) is 2.54. The largest absolute Gasteiger partial charge is 0.495 e. The van der Waals surface area contributed by atoms with E-state index in [0.717, 1.165) is 5.56 Å². The van der Waals surface area contributed by atoms with Gasteiger partial charge in [0.05, 0.1) is 19.8 Å². The van der Waals surface area contributed by atoms with Gasteiger partial charge in [-0.05, 0) is 46.6 Å². The highest BCUT2D eigenvalue weighted by Crippen LogP contribution is 2.38. The summed E-state index contributed by atoms with van der Waals surface area (Å²) < 4.78 is 11.1. The fourth-order valence-corrected chi connectivity index (χ4v) is 2.59. The van der Waals surface area contributed by atoms with Gasteiger partial charge in [-0.2, -0.15) is 0 Å². The van der Waals surface area contributed by atoms with Crippen molar-refractivity contribution in [3.8, 4) is 11.5 Å². The van der Waals surface area contributed by atoms with Gasteiger partial charge in [-0.15, -0.1) is 0 Å². The summed E-state index contributed by atoms with van der Waals surface area (Å²) in [6, 6.07) is 7.05. The molecule has 1 aromatic heterocycles. The lowest BCUT2D eigenvalue weighted by Crippen LogP contribution is -2.08. The van der Waals surface area contributed by atoms with Gasteiger partial charge < -0.3 is 9.47 Å². The number of hydrogen-bond acceptors (Lipinski definition) is 4. The molecule has 0 saturated carbocycles. The van der Waals surface area contributed by atoms with Gasteiger partial charge >= 0.3 is 0 Å². The Morgan fingerprint density at radius 1 is 1.20 bits per heavy atom. The summed E-state index contributed by atoms with van der Waals surface area (Å²) in [6.45, 7) is 1.85. The van der Waals surface area contributed by atoms with Crippen LogP contribution in [0.3, 0.4) is 0 Å². The van der Waals surface area contributed by atoms with Crippen LogP contribution in [0.5, 0.6) is 11.5 Å². The molecule has 0 N–H and O–H groups in total. The van der Waals surface area contributed by atoms with E-state index < -0.39 is 0 Å². The first-order valence-electron chi connectivity index (χ1n) is 5.97. The summed E-state index contributed by atoms with van der Waals surface area (Å²) in [5, 5.41) is 0. The highest BCUT2D eigenvalue weighted by Gasteiger charge is 2.21. The first-order chi connectivity index (χ1) is 9.60. The second kappa shape index (κ2) is 6.05. The SMILES string of the molecule is COc1ccc(C(=O)c2ncccc2C)c(OC)c1Br. The number of methoxy groups -OCH3 is 2. The van der Waals surface area contributed by atoms with E-state index in [1.807, 2.05) is 13.0 Å². The van der Waals surface area contributed by atoms with Crippen molar-refractivity contribution >= 4 is 21.7 Å². The van der Waals surface area contributed by atoms with Crippen LogP contribution in [0.2, 0.25) is 0 Å². The van der Waals surface area contributed by atoms with Crippen LogP contribution in [-0.4, -0.2) is 25.0 Å². The van der Waals surface area contributed by atoms with E-state index >= 15 is 0 Å². The van der Waals surface area contributed by atoms with Crippen LogP contribution >= 0.6 is 15.9 Å². The molecule has 0 bridgehead atoms. The number of rotatable bonds is 4. The predicted molar refractivity (Wildman–Crippen MR) is 79.7 cm³/mol. The van der Waals surface area contributed by atoms with Gasteiger partial charge in [0, 0.05) is 6.20 Å². The molecule has 20 heavy (non-hydrogen) atoms. The molecule has 0 unspecified atom stereocenters. The summed E-state index contributed by atoms with van der Waals surface area (Å²) in [5.41, 5.74) is 1.69. The zero-order valence-corrected chi connectivity index (χ0v) is 13.0. The second-order valence-corrected chi connectivity index (χ2v) is 4.95. The molecule has 0 saturated heterocycles. The Hall–Kier alpha value is -1.88.